The number of fused-ring (bicyclic) bond motifs is 1. The fraction of sp³-hybridized carbons (Fsp3) is 0.467. The summed E-state index contributed by atoms with van der Waals surface area (Å²) < 4.78 is 21.9. The molecule has 1 saturated heterocycles. The smallest absolute Gasteiger partial charge is 0.464 e. The molecular formula is C15H18BNO5. The average molecular weight is 303 g/mol. The third-order valence-corrected chi connectivity index (χ3v) is 4.40. The molecule has 1 aromatic carbocycles. The van der Waals surface area contributed by atoms with Gasteiger partial charge in [0.15, 0.2) is 11.3 Å². The quantitative estimate of drug-likeness (QED) is 0.623. The van der Waals surface area contributed by atoms with E-state index in [9.17, 15) is 4.79 Å². The first kappa shape index (κ1) is 15.1. The maximum absolute atomic E-state index is 11.6. The van der Waals surface area contributed by atoms with E-state index in [2.05, 4.69) is 9.89 Å². The third kappa shape index (κ3) is 2.21. The van der Waals surface area contributed by atoms with E-state index >= 15 is 0 Å². The highest BCUT2D eigenvalue weighted by atomic mass is 16.7. The lowest BCUT2D eigenvalue weighted by atomic mass is 9.79. The van der Waals surface area contributed by atoms with Crippen LogP contribution in [0.25, 0.3) is 11.0 Å². The van der Waals surface area contributed by atoms with Crippen LogP contribution in [0.3, 0.4) is 0 Å². The van der Waals surface area contributed by atoms with Gasteiger partial charge in [0.25, 0.3) is 0 Å². The van der Waals surface area contributed by atoms with Gasteiger partial charge >= 0.3 is 13.1 Å². The molecule has 1 aliphatic rings. The molecule has 0 saturated carbocycles. The highest BCUT2D eigenvalue weighted by Crippen LogP contribution is 2.36. The Morgan fingerprint density at radius 1 is 1.18 bits per heavy atom. The molecule has 3 rings (SSSR count). The van der Waals surface area contributed by atoms with Crippen LogP contribution in [-0.2, 0) is 14.0 Å². The number of rotatable bonds is 2. The Labute approximate surface area is 128 Å². The van der Waals surface area contributed by atoms with Crippen molar-refractivity contribution in [1.29, 1.82) is 0 Å². The van der Waals surface area contributed by atoms with Crippen LogP contribution in [0.2, 0.25) is 0 Å². The van der Waals surface area contributed by atoms with Gasteiger partial charge in [-0.2, -0.15) is 0 Å². The van der Waals surface area contributed by atoms with E-state index in [-0.39, 0.29) is 5.69 Å². The fourth-order valence-corrected chi connectivity index (χ4v) is 2.32. The zero-order valence-electron chi connectivity index (χ0n) is 13.3. The molecule has 0 atom stereocenters. The summed E-state index contributed by atoms with van der Waals surface area (Å²) in [6, 6.07) is 5.38. The monoisotopic (exact) mass is 303 g/mol. The number of hydrogen-bond acceptors (Lipinski definition) is 6. The number of nitrogens with zero attached hydrogens (tertiary/aromatic N) is 1. The van der Waals surface area contributed by atoms with Gasteiger partial charge in [0.2, 0.25) is 0 Å². The Morgan fingerprint density at radius 3 is 2.41 bits per heavy atom. The minimum absolute atomic E-state index is 0.165. The van der Waals surface area contributed by atoms with Crippen molar-refractivity contribution in [2.24, 2.45) is 0 Å². The van der Waals surface area contributed by atoms with E-state index in [0.29, 0.717) is 11.0 Å². The van der Waals surface area contributed by atoms with Crippen molar-refractivity contribution in [3.05, 3.63) is 23.9 Å². The molecule has 0 amide bonds. The molecule has 7 heteroatoms. The minimum atomic E-state index is -0.526. The number of aromatic nitrogens is 1. The van der Waals surface area contributed by atoms with Crippen molar-refractivity contribution in [3.8, 4) is 0 Å². The molecule has 1 aliphatic heterocycles. The average Bonchev–Trinajstić information content (AvgIpc) is 2.96. The minimum Gasteiger partial charge on any atom is -0.464 e. The number of ether oxygens (including phenoxy) is 1. The highest BCUT2D eigenvalue weighted by Gasteiger charge is 2.51. The molecular weight excluding hydrogens is 285 g/mol. The highest BCUT2D eigenvalue weighted by molar-refractivity contribution is 6.62. The van der Waals surface area contributed by atoms with Gasteiger partial charge in [-0.15, -0.1) is 0 Å². The standard InChI is InChI=1S/C15H18BNO5/c1-14(2)15(3,4)22-16(21-14)9-6-7-10-11(8-9)20-17-12(10)13(18)19-5/h6-8H,1-5H3. The summed E-state index contributed by atoms with van der Waals surface area (Å²) >= 11 is 0. The Morgan fingerprint density at radius 2 is 1.82 bits per heavy atom. The molecule has 0 spiro atoms. The van der Waals surface area contributed by atoms with E-state index in [1.165, 1.54) is 7.11 Å². The van der Waals surface area contributed by atoms with Gasteiger partial charge in [0.05, 0.1) is 23.7 Å². The van der Waals surface area contributed by atoms with Gasteiger partial charge < -0.3 is 18.6 Å². The normalized spacial score (nSPS) is 19.6. The molecule has 2 heterocycles. The molecule has 0 N–H and O–H groups in total. The number of esters is 1. The van der Waals surface area contributed by atoms with Gasteiger partial charge in [-0.3, -0.25) is 0 Å². The predicted octanol–water partition coefficient (Wildman–Crippen LogP) is 1.91. The SMILES string of the molecule is COC(=O)c1noc2cc(B3OC(C)(C)C(C)(C)O3)ccc12. The lowest BCUT2D eigenvalue weighted by molar-refractivity contribution is 0.00578. The summed E-state index contributed by atoms with van der Waals surface area (Å²) in [5.74, 6) is -0.526. The molecule has 0 bridgehead atoms. The first-order chi connectivity index (χ1) is 10.2. The summed E-state index contributed by atoms with van der Waals surface area (Å²) in [5.41, 5.74) is 0.653. The van der Waals surface area contributed by atoms with E-state index in [1.807, 2.05) is 33.8 Å². The molecule has 0 aliphatic carbocycles. The summed E-state index contributed by atoms with van der Waals surface area (Å²) in [6.07, 6.45) is 0. The molecule has 116 valence electrons. The molecule has 0 unspecified atom stereocenters. The van der Waals surface area contributed by atoms with Crippen molar-refractivity contribution >= 4 is 29.5 Å². The van der Waals surface area contributed by atoms with Crippen molar-refractivity contribution < 1.29 is 23.4 Å². The number of methoxy groups -OCH3 is 1. The lowest BCUT2D eigenvalue weighted by Gasteiger charge is -2.32. The first-order valence-electron chi connectivity index (χ1n) is 7.08. The lowest BCUT2D eigenvalue weighted by Crippen LogP contribution is -2.41. The molecule has 2 aromatic rings. The summed E-state index contributed by atoms with van der Waals surface area (Å²) in [4.78, 5) is 11.6. The second kappa shape index (κ2) is 4.82. The van der Waals surface area contributed by atoms with Crippen LogP contribution >= 0.6 is 0 Å². The number of benzene rings is 1. The van der Waals surface area contributed by atoms with Gasteiger partial charge in [-0.1, -0.05) is 11.2 Å². The van der Waals surface area contributed by atoms with E-state index in [1.54, 1.807) is 12.1 Å². The maximum Gasteiger partial charge on any atom is 0.494 e. The summed E-state index contributed by atoms with van der Waals surface area (Å²) in [7, 11) is 0.822. The van der Waals surface area contributed by atoms with Crippen LogP contribution in [-0.4, -0.2) is 36.6 Å². The van der Waals surface area contributed by atoms with E-state index in [0.717, 1.165) is 5.46 Å². The van der Waals surface area contributed by atoms with Gasteiger partial charge in [0, 0.05) is 0 Å². The van der Waals surface area contributed by atoms with E-state index in [4.69, 9.17) is 13.8 Å². The van der Waals surface area contributed by atoms with Crippen molar-refractivity contribution in [2.75, 3.05) is 7.11 Å². The molecule has 1 fully saturated rings. The Bertz CT molecular complexity index is 721. The number of hydrogen-bond donors (Lipinski definition) is 0. The number of carbonyl (C=O) groups excluding carboxylic acids is 1. The Kier molecular flexibility index (Phi) is 3.30. The fourth-order valence-electron chi connectivity index (χ4n) is 2.32. The van der Waals surface area contributed by atoms with Gasteiger partial charge in [-0.05, 0) is 45.3 Å². The topological polar surface area (TPSA) is 70.8 Å². The largest absolute Gasteiger partial charge is 0.494 e. The summed E-state index contributed by atoms with van der Waals surface area (Å²) in [5, 5.41) is 4.36. The molecule has 1 aromatic heterocycles. The van der Waals surface area contributed by atoms with Crippen LogP contribution in [0.4, 0.5) is 0 Å². The second-order valence-electron chi connectivity index (χ2n) is 6.37. The summed E-state index contributed by atoms with van der Waals surface area (Å²) in [6.45, 7) is 7.98. The van der Waals surface area contributed by atoms with Crippen molar-refractivity contribution in [2.45, 2.75) is 38.9 Å². The predicted molar refractivity (Wildman–Crippen MR) is 81.1 cm³/mol. The first-order valence-corrected chi connectivity index (χ1v) is 7.08. The number of carbonyl (C=O) groups is 1. The second-order valence-corrected chi connectivity index (χ2v) is 6.37. The molecule has 6 nitrogen and oxygen atoms in total. The Hall–Kier alpha value is -1.86. The van der Waals surface area contributed by atoms with Crippen molar-refractivity contribution in [1.82, 2.24) is 5.16 Å². The van der Waals surface area contributed by atoms with Crippen LogP contribution in [0, 0.1) is 0 Å². The zero-order valence-corrected chi connectivity index (χ0v) is 13.3. The Balaban J connectivity index is 1.96. The zero-order chi connectivity index (χ0) is 16.1. The maximum atomic E-state index is 11.6. The van der Waals surface area contributed by atoms with Crippen LogP contribution in [0.5, 0.6) is 0 Å². The van der Waals surface area contributed by atoms with Crippen LogP contribution in [0.15, 0.2) is 22.7 Å². The van der Waals surface area contributed by atoms with Gasteiger partial charge in [-0.25, -0.2) is 4.79 Å². The molecule has 0 radical (unpaired) electrons. The van der Waals surface area contributed by atoms with Crippen LogP contribution < -0.4 is 5.46 Å². The van der Waals surface area contributed by atoms with Crippen molar-refractivity contribution in [3.63, 3.8) is 0 Å². The van der Waals surface area contributed by atoms with Crippen LogP contribution in [0.1, 0.15) is 38.2 Å². The third-order valence-electron chi connectivity index (χ3n) is 4.40. The van der Waals surface area contributed by atoms with Gasteiger partial charge in [0.1, 0.15) is 0 Å². The molecule has 22 heavy (non-hydrogen) atoms. The van der Waals surface area contributed by atoms with E-state index < -0.39 is 24.3 Å².